The van der Waals surface area contributed by atoms with Gasteiger partial charge in [-0.25, -0.2) is 4.79 Å². The van der Waals surface area contributed by atoms with E-state index < -0.39 is 12.0 Å². The van der Waals surface area contributed by atoms with Crippen molar-refractivity contribution in [2.45, 2.75) is 31.8 Å². The number of urea groups is 1. The number of rotatable bonds is 9. The molecule has 0 aromatic carbocycles. The fourth-order valence-corrected chi connectivity index (χ4v) is 2.17. The van der Waals surface area contributed by atoms with Gasteiger partial charge in [0.15, 0.2) is 0 Å². The average Bonchev–Trinajstić information content (AvgIpc) is 2.92. The van der Waals surface area contributed by atoms with Crippen molar-refractivity contribution in [1.82, 2.24) is 10.2 Å². The van der Waals surface area contributed by atoms with Gasteiger partial charge in [-0.3, -0.25) is 4.79 Å². The number of carboxylic acid groups (broad SMARTS) is 1. The van der Waals surface area contributed by atoms with Crippen molar-refractivity contribution in [2.24, 2.45) is 0 Å². The molecule has 2 N–H and O–H groups in total. The molecule has 1 rings (SSSR count). The number of methoxy groups -OCH3 is 1. The van der Waals surface area contributed by atoms with Crippen LogP contribution in [0.3, 0.4) is 0 Å². The Labute approximate surface area is 119 Å². The number of ether oxygens (including phenoxy) is 2. The normalized spacial score (nSPS) is 15.2. The van der Waals surface area contributed by atoms with Crippen molar-refractivity contribution in [2.75, 3.05) is 40.0 Å². The highest BCUT2D eigenvalue weighted by Crippen LogP contribution is 2.20. The van der Waals surface area contributed by atoms with Gasteiger partial charge in [0.05, 0.1) is 19.3 Å². The van der Waals surface area contributed by atoms with Crippen molar-refractivity contribution in [3.05, 3.63) is 0 Å². The zero-order valence-corrected chi connectivity index (χ0v) is 12.0. The summed E-state index contributed by atoms with van der Waals surface area (Å²) in [6.07, 6.45) is 4.91. The summed E-state index contributed by atoms with van der Waals surface area (Å²) in [7, 11) is 1.51. The standard InChI is InChI=1S/C13H24N2O5/c1-19-9-7-15(10-12(16)17)13(18)14-6-8-20-11-4-2-3-5-11/h11H,2-10H2,1H3,(H,14,18)(H,16,17). The number of amides is 2. The molecular formula is C13H24N2O5. The quantitative estimate of drug-likeness (QED) is 0.609. The second-order valence-electron chi connectivity index (χ2n) is 4.82. The molecule has 20 heavy (non-hydrogen) atoms. The first-order chi connectivity index (χ1) is 9.63. The van der Waals surface area contributed by atoms with Crippen LogP contribution in [0.4, 0.5) is 4.79 Å². The number of nitrogens with zero attached hydrogens (tertiary/aromatic N) is 1. The highest BCUT2D eigenvalue weighted by atomic mass is 16.5. The van der Waals surface area contributed by atoms with Crippen LogP contribution in [0.2, 0.25) is 0 Å². The summed E-state index contributed by atoms with van der Waals surface area (Å²) in [5, 5.41) is 11.4. The summed E-state index contributed by atoms with van der Waals surface area (Å²) in [6.45, 7) is 1.07. The molecule has 1 saturated carbocycles. The van der Waals surface area contributed by atoms with E-state index in [0.717, 1.165) is 12.8 Å². The molecule has 0 aliphatic heterocycles. The Balaban J connectivity index is 2.20. The van der Waals surface area contributed by atoms with Gasteiger partial charge in [0.2, 0.25) is 0 Å². The van der Waals surface area contributed by atoms with Gasteiger partial charge in [0.25, 0.3) is 0 Å². The largest absolute Gasteiger partial charge is 0.480 e. The summed E-state index contributed by atoms with van der Waals surface area (Å²) in [5.74, 6) is -1.04. The Morgan fingerprint density at radius 1 is 1.30 bits per heavy atom. The summed E-state index contributed by atoms with van der Waals surface area (Å²) < 4.78 is 10.5. The van der Waals surface area contributed by atoms with Crippen molar-refractivity contribution in [3.8, 4) is 0 Å². The second-order valence-corrected chi connectivity index (χ2v) is 4.82. The first-order valence-electron chi connectivity index (χ1n) is 6.98. The molecule has 0 unspecified atom stereocenters. The minimum atomic E-state index is -1.04. The molecule has 2 amide bonds. The average molecular weight is 288 g/mol. The van der Waals surface area contributed by atoms with E-state index in [4.69, 9.17) is 14.6 Å². The highest BCUT2D eigenvalue weighted by molar-refractivity contribution is 5.80. The summed E-state index contributed by atoms with van der Waals surface area (Å²) >= 11 is 0. The van der Waals surface area contributed by atoms with Gasteiger partial charge >= 0.3 is 12.0 Å². The topological polar surface area (TPSA) is 88.1 Å². The van der Waals surface area contributed by atoms with Crippen LogP contribution in [-0.4, -0.2) is 68.1 Å². The lowest BCUT2D eigenvalue weighted by molar-refractivity contribution is -0.137. The van der Waals surface area contributed by atoms with Crippen molar-refractivity contribution in [3.63, 3.8) is 0 Å². The van der Waals surface area contributed by atoms with E-state index in [1.165, 1.54) is 24.9 Å². The highest BCUT2D eigenvalue weighted by Gasteiger charge is 2.17. The maximum atomic E-state index is 11.8. The van der Waals surface area contributed by atoms with Crippen molar-refractivity contribution in [1.29, 1.82) is 0 Å². The van der Waals surface area contributed by atoms with E-state index in [9.17, 15) is 9.59 Å². The van der Waals surface area contributed by atoms with Crippen LogP contribution >= 0.6 is 0 Å². The number of hydrogen-bond acceptors (Lipinski definition) is 4. The second kappa shape index (κ2) is 9.55. The van der Waals surface area contributed by atoms with Gasteiger partial charge < -0.3 is 24.8 Å². The Bertz CT molecular complexity index is 305. The maximum Gasteiger partial charge on any atom is 0.323 e. The number of hydrogen-bond donors (Lipinski definition) is 2. The van der Waals surface area contributed by atoms with Gasteiger partial charge in [-0.1, -0.05) is 12.8 Å². The molecule has 0 bridgehead atoms. The van der Waals surface area contributed by atoms with Crippen molar-refractivity contribution >= 4 is 12.0 Å². The third kappa shape index (κ3) is 6.72. The SMILES string of the molecule is COCCN(CC(=O)O)C(=O)NCCOC1CCCC1. The fourth-order valence-electron chi connectivity index (χ4n) is 2.17. The van der Waals surface area contributed by atoms with Gasteiger partial charge in [-0.2, -0.15) is 0 Å². The molecular weight excluding hydrogens is 264 g/mol. The molecule has 0 heterocycles. The van der Waals surface area contributed by atoms with Crippen LogP contribution < -0.4 is 5.32 Å². The zero-order chi connectivity index (χ0) is 14.8. The first kappa shape index (κ1) is 16.7. The summed E-state index contributed by atoms with van der Waals surface area (Å²) in [4.78, 5) is 23.7. The van der Waals surface area contributed by atoms with Crippen LogP contribution in [0.25, 0.3) is 0 Å². The number of carbonyl (C=O) groups is 2. The number of nitrogens with one attached hydrogen (secondary N) is 1. The molecule has 0 spiro atoms. The number of carbonyl (C=O) groups excluding carboxylic acids is 1. The minimum Gasteiger partial charge on any atom is -0.480 e. The first-order valence-corrected chi connectivity index (χ1v) is 6.98. The summed E-state index contributed by atoms with van der Waals surface area (Å²) in [5.41, 5.74) is 0. The molecule has 1 aliphatic carbocycles. The van der Waals surface area contributed by atoms with Crippen LogP contribution in [0.5, 0.6) is 0 Å². The predicted octanol–water partition coefficient (Wildman–Crippen LogP) is 0.688. The molecule has 0 aromatic rings. The molecule has 0 atom stereocenters. The maximum absolute atomic E-state index is 11.8. The van der Waals surface area contributed by atoms with E-state index in [-0.39, 0.29) is 13.1 Å². The van der Waals surface area contributed by atoms with E-state index in [1.807, 2.05) is 0 Å². The molecule has 1 aliphatic rings. The van der Waals surface area contributed by atoms with Gasteiger partial charge in [-0.15, -0.1) is 0 Å². The molecule has 0 aromatic heterocycles. The zero-order valence-electron chi connectivity index (χ0n) is 12.0. The number of aliphatic carboxylic acids is 1. The third-order valence-corrected chi connectivity index (χ3v) is 3.21. The Kier molecular flexibility index (Phi) is 7.98. The summed E-state index contributed by atoms with van der Waals surface area (Å²) in [6, 6.07) is -0.403. The lowest BCUT2D eigenvalue weighted by atomic mass is 10.3. The van der Waals surface area contributed by atoms with Crippen molar-refractivity contribution < 1.29 is 24.2 Å². The minimum absolute atomic E-state index is 0.248. The molecule has 7 heteroatoms. The molecule has 7 nitrogen and oxygen atoms in total. The van der Waals surface area contributed by atoms with Crippen LogP contribution in [0, 0.1) is 0 Å². The van der Waals surface area contributed by atoms with E-state index in [0.29, 0.717) is 25.9 Å². The predicted molar refractivity (Wildman–Crippen MR) is 72.7 cm³/mol. The van der Waals surface area contributed by atoms with Crippen LogP contribution in [0.1, 0.15) is 25.7 Å². The fraction of sp³-hybridized carbons (Fsp3) is 0.846. The van der Waals surface area contributed by atoms with Gasteiger partial charge in [0, 0.05) is 20.2 Å². The molecule has 0 radical (unpaired) electrons. The van der Waals surface area contributed by atoms with E-state index in [2.05, 4.69) is 5.32 Å². The van der Waals surface area contributed by atoms with Crippen LogP contribution in [0.15, 0.2) is 0 Å². The molecule has 0 saturated heterocycles. The third-order valence-electron chi connectivity index (χ3n) is 3.21. The lowest BCUT2D eigenvalue weighted by Gasteiger charge is -2.21. The molecule has 1 fully saturated rings. The van der Waals surface area contributed by atoms with Gasteiger partial charge in [0.1, 0.15) is 6.54 Å². The smallest absolute Gasteiger partial charge is 0.323 e. The van der Waals surface area contributed by atoms with Gasteiger partial charge in [-0.05, 0) is 12.8 Å². The van der Waals surface area contributed by atoms with Crippen LogP contribution in [-0.2, 0) is 14.3 Å². The van der Waals surface area contributed by atoms with E-state index >= 15 is 0 Å². The Morgan fingerprint density at radius 3 is 2.60 bits per heavy atom. The lowest BCUT2D eigenvalue weighted by Crippen LogP contribution is -2.45. The molecule has 116 valence electrons. The Morgan fingerprint density at radius 2 is 2.00 bits per heavy atom. The Hall–Kier alpha value is -1.34. The number of carboxylic acids is 1. The van der Waals surface area contributed by atoms with E-state index in [1.54, 1.807) is 0 Å². The monoisotopic (exact) mass is 288 g/mol.